The topological polar surface area (TPSA) is 58.8 Å². The molecule has 0 aliphatic carbocycles. The molecule has 2 saturated heterocycles. The van der Waals surface area contributed by atoms with Crippen molar-refractivity contribution in [2.24, 2.45) is 11.7 Å². The number of amides is 1. The molecular formula is C18H29Cl2N3O2. The summed E-state index contributed by atoms with van der Waals surface area (Å²) in [4.78, 5) is 17.1. The highest BCUT2D eigenvalue weighted by molar-refractivity contribution is 5.85. The Morgan fingerprint density at radius 3 is 2.60 bits per heavy atom. The van der Waals surface area contributed by atoms with E-state index in [1.165, 1.54) is 5.56 Å². The molecule has 0 aromatic heterocycles. The predicted molar refractivity (Wildman–Crippen MR) is 104 cm³/mol. The van der Waals surface area contributed by atoms with Crippen LogP contribution >= 0.6 is 24.8 Å². The Morgan fingerprint density at radius 1 is 1.24 bits per heavy atom. The van der Waals surface area contributed by atoms with E-state index in [9.17, 15) is 4.79 Å². The molecule has 2 aliphatic rings. The molecule has 1 aromatic carbocycles. The van der Waals surface area contributed by atoms with E-state index in [4.69, 9.17) is 10.5 Å². The van der Waals surface area contributed by atoms with Crippen molar-refractivity contribution in [3.05, 3.63) is 35.9 Å². The van der Waals surface area contributed by atoms with Gasteiger partial charge in [-0.3, -0.25) is 9.69 Å². The Morgan fingerprint density at radius 2 is 1.96 bits per heavy atom. The maximum atomic E-state index is 12.8. The van der Waals surface area contributed by atoms with Crippen molar-refractivity contribution in [2.75, 3.05) is 32.8 Å². The minimum absolute atomic E-state index is 0. The predicted octanol–water partition coefficient (Wildman–Crippen LogP) is 1.93. The molecule has 2 N–H and O–H groups in total. The van der Waals surface area contributed by atoms with Crippen molar-refractivity contribution >= 4 is 30.7 Å². The highest BCUT2D eigenvalue weighted by atomic mass is 35.5. The van der Waals surface area contributed by atoms with Crippen molar-refractivity contribution in [2.45, 2.75) is 32.0 Å². The summed E-state index contributed by atoms with van der Waals surface area (Å²) in [5, 5.41) is 0. The summed E-state index contributed by atoms with van der Waals surface area (Å²) in [7, 11) is 0. The molecule has 0 bridgehead atoms. The molecule has 3 atom stereocenters. The number of hydrogen-bond acceptors (Lipinski definition) is 4. The molecular weight excluding hydrogens is 361 g/mol. The summed E-state index contributed by atoms with van der Waals surface area (Å²) in [5.41, 5.74) is 7.04. The molecule has 3 unspecified atom stereocenters. The van der Waals surface area contributed by atoms with Gasteiger partial charge in [0.25, 0.3) is 5.91 Å². The van der Waals surface area contributed by atoms with Gasteiger partial charge in [0, 0.05) is 32.2 Å². The third kappa shape index (κ3) is 5.56. The van der Waals surface area contributed by atoms with Crippen LogP contribution in [0.25, 0.3) is 0 Å². The second-order valence-corrected chi connectivity index (χ2v) is 6.76. The number of likely N-dealkylation sites (tertiary alicyclic amines) is 1. The zero-order chi connectivity index (χ0) is 16.2. The molecule has 142 valence electrons. The third-order valence-electron chi connectivity index (χ3n) is 4.95. The number of hydrogen-bond donors (Lipinski definition) is 1. The first-order valence-corrected chi connectivity index (χ1v) is 8.55. The number of ether oxygens (including phenoxy) is 1. The number of carbonyl (C=O) groups is 1. The van der Waals surface area contributed by atoms with Crippen LogP contribution in [-0.2, 0) is 16.1 Å². The van der Waals surface area contributed by atoms with Crippen LogP contribution in [0, 0.1) is 5.92 Å². The van der Waals surface area contributed by atoms with Crippen LogP contribution in [0.3, 0.4) is 0 Å². The summed E-state index contributed by atoms with van der Waals surface area (Å²) < 4.78 is 5.77. The van der Waals surface area contributed by atoms with Gasteiger partial charge in [0.15, 0.2) is 0 Å². The fraction of sp³-hybridized carbons (Fsp3) is 0.611. The molecule has 25 heavy (non-hydrogen) atoms. The van der Waals surface area contributed by atoms with Crippen LogP contribution in [0.2, 0.25) is 0 Å². The Bertz CT molecular complexity index is 532. The molecule has 2 aliphatic heterocycles. The van der Waals surface area contributed by atoms with Gasteiger partial charge in [-0.15, -0.1) is 24.8 Å². The standard InChI is InChI=1S/C18H27N3O2.2ClH/c1-14-9-16(10-19)12-21(14)18(22)17-13-20(7-8-23-17)11-15-5-3-2-4-6-15;;/h2-6,14,16-17H,7-13,19H2,1H3;2*1H. The Balaban J connectivity index is 0.00000156. The second-order valence-electron chi connectivity index (χ2n) is 6.76. The van der Waals surface area contributed by atoms with Crippen LogP contribution in [-0.4, -0.2) is 60.6 Å². The zero-order valence-electron chi connectivity index (χ0n) is 14.7. The van der Waals surface area contributed by atoms with Gasteiger partial charge in [0.2, 0.25) is 0 Å². The van der Waals surface area contributed by atoms with Gasteiger partial charge in [-0.05, 0) is 31.4 Å². The minimum atomic E-state index is -0.341. The highest BCUT2D eigenvalue weighted by Gasteiger charge is 2.37. The summed E-state index contributed by atoms with van der Waals surface area (Å²) in [6, 6.07) is 10.7. The maximum Gasteiger partial charge on any atom is 0.253 e. The van der Waals surface area contributed by atoms with Crippen LogP contribution in [0.15, 0.2) is 30.3 Å². The zero-order valence-corrected chi connectivity index (χ0v) is 16.3. The van der Waals surface area contributed by atoms with Gasteiger partial charge in [0.05, 0.1) is 6.61 Å². The molecule has 2 fully saturated rings. The molecule has 7 heteroatoms. The molecule has 0 saturated carbocycles. The number of halogens is 2. The largest absolute Gasteiger partial charge is 0.366 e. The number of rotatable bonds is 4. The summed E-state index contributed by atoms with van der Waals surface area (Å²) in [6.07, 6.45) is 0.661. The molecule has 0 radical (unpaired) electrons. The average Bonchev–Trinajstić information content (AvgIpc) is 2.96. The first-order valence-electron chi connectivity index (χ1n) is 8.55. The maximum absolute atomic E-state index is 12.8. The van der Waals surface area contributed by atoms with E-state index in [0.717, 1.165) is 26.1 Å². The third-order valence-corrected chi connectivity index (χ3v) is 4.95. The van der Waals surface area contributed by atoms with E-state index >= 15 is 0 Å². The lowest BCUT2D eigenvalue weighted by Crippen LogP contribution is -2.51. The van der Waals surface area contributed by atoms with Crippen molar-refractivity contribution in [1.82, 2.24) is 9.80 Å². The van der Waals surface area contributed by atoms with Gasteiger partial charge in [0.1, 0.15) is 6.10 Å². The lowest BCUT2D eigenvalue weighted by atomic mass is 10.1. The fourth-order valence-corrected chi connectivity index (χ4v) is 3.64. The Labute approximate surface area is 162 Å². The summed E-state index contributed by atoms with van der Waals surface area (Å²) in [6.45, 7) is 6.57. The fourth-order valence-electron chi connectivity index (χ4n) is 3.64. The number of carbonyl (C=O) groups excluding carboxylic acids is 1. The van der Waals surface area contributed by atoms with Crippen molar-refractivity contribution in [3.8, 4) is 0 Å². The van der Waals surface area contributed by atoms with Crippen LogP contribution < -0.4 is 5.73 Å². The normalized spacial score (nSPS) is 26.6. The van der Waals surface area contributed by atoms with Crippen LogP contribution in [0.5, 0.6) is 0 Å². The lowest BCUT2D eigenvalue weighted by Gasteiger charge is -2.35. The van der Waals surface area contributed by atoms with Crippen molar-refractivity contribution in [1.29, 1.82) is 0 Å². The molecule has 3 rings (SSSR count). The smallest absolute Gasteiger partial charge is 0.253 e. The molecule has 2 heterocycles. The molecule has 0 spiro atoms. The molecule has 5 nitrogen and oxygen atoms in total. The lowest BCUT2D eigenvalue weighted by molar-refractivity contribution is -0.150. The van der Waals surface area contributed by atoms with E-state index in [1.54, 1.807) is 0 Å². The Kier molecular flexibility index (Phi) is 9.17. The van der Waals surface area contributed by atoms with Gasteiger partial charge in [-0.25, -0.2) is 0 Å². The highest BCUT2D eigenvalue weighted by Crippen LogP contribution is 2.24. The summed E-state index contributed by atoms with van der Waals surface area (Å²) >= 11 is 0. The SMILES string of the molecule is CC1CC(CN)CN1C(=O)C1CN(Cc2ccccc2)CCO1.Cl.Cl. The van der Waals surface area contributed by atoms with E-state index in [2.05, 4.69) is 36.1 Å². The minimum Gasteiger partial charge on any atom is -0.366 e. The van der Waals surface area contributed by atoms with Crippen molar-refractivity contribution in [3.63, 3.8) is 0 Å². The van der Waals surface area contributed by atoms with E-state index < -0.39 is 0 Å². The average molecular weight is 390 g/mol. The van der Waals surface area contributed by atoms with E-state index in [-0.39, 0.29) is 42.9 Å². The van der Waals surface area contributed by atoms with Crippen LogP contribution in [0.1, 0.15) is 18.9 Å². The first-order chi connectivity index (χ1) is 11.2. The second kappa shape index (κ2) is 10.3. The quantitative estimate of drug-likeness (QED) is 0.854. The monoisotopic (exact) mass is 389 g/mol. The van der Waals surface area contributed by atoms with E-state index in [0.29, 0.717) is 25.6 Å². The van der Waals surface area contributed by atoms with Gasteiger partial charge in [-0.1, -0.05) is 30.3 Å². The molecule has 1 aromatic rings. The van der Waals surface area contributed by atoms with Gasteiger partial charge < -0.3 is 15.4 Å². The van der Waals surface area contributed by atoms with Gasteiger partial charge >= 0.3 is 0 Å². The first kappa shape index (κ1) is 22.2. The summed E-state index contributed by atoms with van der Waals surface area (Å²) in [5.74, 6) is 0.559. The number of nitrogens with two attached hydrogens (primary N) is 1. The number of benzene rings is 1. The van der Waals surface area contributed by atoms with Crippen molar-refractivity contribution < 1.29 is 9.53 Å². The molecule has 1 amide bonds. The Hall–Kier alpha value is -0.850. The number of nitrogens with zero attached hydrogens (tertiary/aromatic N) is 2. The van der Waals surface area contributed by atoms with E-state index in [1.807, 2.05) is 11.0 Å². The van der Waals surface area contributed by atoms with Gasteiger partial charge in [-0.2, -0.15) is 0 Å². The number of morpholine rings is 1. The van der Waals surface area contributed by atoms with Crippen LogP contribution in [0.4, 0.5) is 0 Å².